The maximum atomic E-state index is 5.40. The Morgan fingerprint density at radius 3 is 3.00 bits per heavy atom. The fourth-order valence-electron chi connectivity index (χ4n) is 2.32. The topological polar surface area (TPSA) is 51.0 Å². The zero-order chi connectivity index (χ0) is 11.7. The fraction of sp³-hybridized carbons (Fsp3) is 0.818. The molecule has 1 N–H and O–H groups in total. The third-order valence-corrected chi connectivity index (χ3v) is 6.34. The van der Waals surface area contributed by atoms with Crippen molar-refractivity contribution in [2.24, 2.45) is 0 Å². The minimum absolute atomic E-state index is 0.285. The van der Waals surface area contributed by atoms with Gasteiger partial charge in [-0.3, -0.25) is 0 Å². The lowest BCUT2D eigenvalue weighted by Crippen LogP contribution is -2.17. The minimum atomic E-state index is 0.285. The number of aromatic nitrogens is 2. The van der Waals surface area contributed by atoms with Gasteiger partial charge in [-0.1, -0.05) is 12.1 Å². The predicted octanol–water partition coefficient (Wildman–Crippen LogP) is 2.40. The average Bonchev–Trinajstić information content (AvgIpc) is 3.00. The van der Waals surface area contributed by atoms with Crippen LogP contribution in [0.2, 0.25) is 0 Å². The Morgan fingerprint density at radius 1 is 1.35 bits per heavy atom. The van der Waals surface area contributed by atoms with Crippen LogP contribution in [0.3, 0.4) is 0 Å². The molecule has 2 aliphatic rings. The summed E-state index contributed by atoms with van der Waals surface area (Å²) in [6.07, 6.45) is 2.32. The van der Waals surface area contributed by atoms with Gasteiger partial charge in [-0.2, -0.15) is 16.7 Å². The second-order valence-electron chi connectivity index (χ2n) is 4.51. The van der Waals surface area contributed by atoms with E-state index < -0.39 is 0 Å². The van der Waals surface area contributed by atoms with E-state index in [1.54, 1.807) is 0 Å². The van der Waals surface area contributed by atoms with E-state index in [1.165, 1.54) is 17.9 Å². The molecule has 0 aliphatic carbocycles. The minimum Gasteiger partial charge on any atom is -0.338 e. The van der Waals surface area contributed by atoms with Gasteiger partial charge >= 0.3 is 0 Å². The van der Waals surface area contributed by atoms with Crippen molar-refractivity contribution in [2.45, 2.75) is 36.3 Å². The Kier molecular flexibility index (Phi) is 3.63. The van der Waals surface area contributed by atoms with Crippen molar-refractivity contribution in [3.05, 3.63) is 11.7 Å². The van der Waals surface area contributed by atoms with Gasteiger partial charge in [0.2, 0.25) is 5.89 Å². The van der Waals surface area contributed by atoms with Crippen molar-refractivity contribution < 1.29 is 4.52 Å². The van der Waals surface area contributed by atoms with E-state index in [-0.39, 0.29) is 6.04 Å². The molecule has 4 nitrogen and oxygen atoms in total. The van der Waals surface area contributed by atoms with Gasteiger partial charge in [0.05, 0.1) is 11.3 Å². The number of nitrogens with zero attached hydrogens (tertiary/aromatic N) is 2. The SMILES string of the molecule is CC1SCCSC1c1noc([C@@H]2CCCN2)n1. The molecule has 6 heteroatoms. The highest BCUT2D eigenvalue weighted by Gasteiger charge is 2.30. The van der Waals surface area contributed by atoms with Crippen molar-refractivity contribution in [3.63, 3.8) is 0 Å². The van der Waals surface area contributed by atoms with Crippen LogP contribution in [0.4, 0.5) is 0 Å². The van der Waals surface area contributed by atoms with Crippen LogP contribution in [0.1, 0.15) is 42.8 Å². The highest BCUT2D eigenvalue weighted by atomic mass is 32.2. The van der Waals surface area contributed by atoms with E-state index in [2.05, 4.69) is 22.4 Å². The number of hydrogen-bond acceptors (Lipinski definition) is 6. The first-order valence-electron chi connectivity index (χ1n) is 6.14. The van der Waals surface area contributed by atoms with E-state index in [0.717, 1.165) is 24.7 Å². The molecule has 2 aliphatic heterocycles. The maximum absolute atomic E-state index is 5.40. The van der Waals surface area contributed by atoms with Crippen LogP contribution in [0, 0.1) is 0 Å². The fourth-order valence-corrected chi connectivity index (χ4v) is 5.00. The first-order valence-corrected chi connectivity index (χ1v) is 8.24. The van der Waals surface area contributed by atoms with Crippen LogP contribution in [0.5, 0.6) is 0 Å². The molecular weight excluding hydrogens is 254 g/mol. The highest BCUT2D eigenvalue weighted by molar-refractivity contribution is 8.06. The Balaban J connectivity index is 1.74. The molecule has 0 spiro atoms. The van der Waals surface area contributed by atoms with Crippen LogP contribution in [0.15, 0.2) is 4.52 Å². The van der Waals surface area contributed by atoms with Crippen molar-refractivity contribution in [2.75, 3.05) is 18.1 Å². The molecular formula is C11H17N3OS2. The molecule has 94 valence electrons. The van der Waals surface area contributed by atoms with Gasteiger partial charge in [0.1, 0.15) is 0 Å². The second-order valence-corrected chi connectivity index (χ2v) is 7.24. The standard InChI is InChI=1S/C11H17N3OS2/c1-7-9(17-6-5-16-7)10-13-11(15-14-10)8-3-2-4-12-8/h7-9,12H,2-6H2,1H3/t7?,8-,9?/m0/s1. The molecule has 0 radical (unpaired) electrons. The predicted molar refractivity (Wildman–Crippen MR) is 71.4 cm³/mol. The van der Waals surface area contributed by atoms with Gasteiger partial charge in [-0.25, -0.2) is 0 Å². The molecule has 1 aromatic rings. The first kappa shape index (κ1) is 11.9. The van der Waals surface area contributed by atoms with Crippen LogP contribution in [0.25, 0.3) is 0 Å². The summed E-state index contributed by atoms with van der Waals surface area (Å²) >= 11 is 3.96. The van der Waals surface area contributed by atoms with Crippen molar-refractivity contribution >= 4 is 23.5 Å². The van der Waals surface area contributed by atoms with Gasteiger partial charge in [0, 0.05) is 16.8 Å². The molecule has 2 unspecified atom stereocenters. The van der Waals surface area contributed by atoms with E-state index >= 15 is 0 Å². The van der Waals surface area contributed by atoms with Crippen LogP contribution < -0.4 is 5.32 Å². The molecule has 17 heavy (non-hydrogen) atoms. The molecule has 0 saturated carbocycles. The van der Waals surface area contributed by atoms with E-state index in [1.807, 2.05) is 23.5 Å². The van der Waals surface area contributed by atoms with E-state index in [0.29, 0.717) is 10.5 Å². The molecule has 0 aromatic carbocycles. The van der Waals surface area contributed by atoms with E-state index in [9.17, 15) is 0 Å². The third-order valence-electron chi connectivity index (χ3n) is 3.26. The summed E-state index contributed by atoms with van der Waals surface area (Å²) < 4.78 is 5.40. The Hall–Kier alpha value is -0.200. The molecule has 2 fully saturated rings. The summed E-state index contributed by atoms with van der Waals surface area (Å²) in [6, 6.07) is 0.285. The van der Waals surface area contributed by atoms with E-state index in [4.69, 9.17) is 4.52 Å². The smallest absolute Gasteiger partial charge is 0.243 e. The van der Waals surface area contributed by atoms with Crippen LogP contribution in [-0.2, 0) is 0 Å². The lowest BCUT2D eigenvalue weighted by Gasteiger charge is -2.24. The Labute approximate surface area is 110 Å². The summed E-state index contributed by atoms with van der Waals surface area (Å²) in [4.78, 5) is 4.59. The van der Waals surface area contributed by atoms with Gasteiger partial charge in [-0.05, 0) is 19.4 Å². The third kappa shape index (κ3) is 2.48. The number of hydrogen-bond donors (Lipinski definition) is 1. The Morgan fingerprint density at radius 2 is 2.24 bits per heavy atom. The summed E-state index contributed by atoms with van der Waals surface area (Å²) in [7, 11) is 0. The van der Waals surface area contributed by atoms with Gasteiger partial charge in [-0.15, -0.1) is 11.8 Å². The second kappa shape index (κ2) is 5.20. The van der Waals surface area contributed by atoms with Crippen LogP contribution >= 0.6 is 23.5 Å². The zero-order valence-corrected chi connectivity index (χ0v) is 11.5. The van der Waals surface area contributed by atoms with Gasteiger partial charge in [0.25, 0.3) is 0 Å². The monoisotopic (exact) mass is 271 g/mol. The first-order chi connectivity index (χ1) is 8.34. The molecule has 1 aromatic heterocycles. The summed E-state index contributed by atoms with van der Waals surface area (Å²) in [5.41, 5.74) is 0. The average molecular weight is 271 g/mol. The molecule has 3 rings (SSSR count). The van der Waals surface area contributed by atoms with Crippen molar-refractivity contribution in [1.82, 2.24) is 15.5 Å². The molecule has 0 bridgehead atoms. The summed E-state index contributed by atoms with van der Waals surface area (Å²) in [5, 5.41) is 8.54. The maximum Gasteiger partial charge on any atom is 0.243 e. The largest absolute Gasteiger partial charge is 0.338 e. The molecule has 3 heterocycles. The lowest BCUT2D eigenvalue weighted by molar-refractivity contribution is 0.341. The normalized spacial score (nSPS) is 34.1. The molecule has 0 amide bonds. The van der Waals surface area contributed by atoms with Crippen LogP contribution in [-0.4, -0.2) is 33.4 Å². The molecule has 2 saturated heterocycles. The highest BCUT2D eigenvalue weighted by Crippen LogP contribution is 2.41. The lowest BCUT2D eigenvalue weighted by atomic mass is 10.2. The quantitative estimate of drug-likeness (QED) is 0.891. The number of rotatable bonds is 2. The summed E-state index contributed by atoms with van der Waals surface area (Å²) in [5.74, 6) is 4.09. The van der Waals surface area contributed by atoms with Gasteiger partial charge < -0.3 is 9.84 Å². The number of nitrogens with one attached hydrogen (secondary N) is 1. The number of thioether (sulfide) groups is 2. The zero-order valence-electron chi connectivity index (χ0n) is 9.89. The van der Waals surface area contributed by atoms with Crippen molar-refractivity contribution in [1.29, 1.82) is 0 Å². The summed E-state index contributed by atoms with van der Waals surface area (Å²) in [6.45, 7) is 3.32. The van der Waals surface area contributed by atoms with Crippen molar-refractivity contribution in [3.8, 4) is 0 Å². The Bertz CT molecular complexity index is 379. The molecule has 3 atom stereocenters. The van der Waals surface area contributed by atoms with Gasteiger partial charge in [0.15, 0.2) is 5.82 Å².